The Bertz CT molecular complexity index is 713. The van der Waals surface area contributed by atoms with Gasteiger partial charge in [0.05, 0.1) is 12.2 Å². The number of thioether (sulfide) groups is 1. The lowest BCUT2D eigenvalue weighted by molar-refractivity contribution is 0.208. The van der Waals surface area contributed by atoms with Gasteiger partial charge in [0.1, 0.15) is 5.75 Å². The Kier molecular flexibility index (Phi) is 7.06. The third kappa shape index (κ3) is 5.63. The van der Waals surface area contributed by atoms with Crippen molar-refractivity contribution in [3.8, 4) is 5.75 Å². The minimum Gasteiger partial charge on any atom is -0.508 e. The van der Waals surface area contributed by atoms with Crippen LogP contribution in [0.5, 0.6) is 5.75 Å². The molecule has 0 atom stereocenters. The number of hydrogen-bond acceptors (Lipinski definition) is 3. The number of aromatic hydroxyl groups is 1. The minimum absolute atomic E-state index is 0.116. The zero-order valence-electron chi connectivity index (χ0n) is 13.8. The van der Waals surface area contributed by atoms with E-state index in [-0.39, 0.29) is 12.3 Å². The lowest BCUT2D eigenvalue weighted by Crippen LogP contribution is -2.35. The number of alkyl halides is 2. The number of phenolic OH excluding ortho intramolecular Hbond substituents is 1. The Labute approximate surface area is 149 Å². The van der Waals surface area contributed by atoms with Crippen LogP contribution in [0.25, 0.3) is 0 Å². The van der Waals surface area contributed by atoms with Crippen LogP contribution in [0.4, 0.5) is 19.3 Å². The number of rotatable bonds is 7. The summed E-state index contributed by atoms with van der Waals surface area (Å²) in [7, 11) is 0. The van der Waals surface area contributed by atoms with Crippen molar-refractivity contribution in [3.05, 3.63) is 54.1 Å². The maximum absolute atomic E-state index is 12.7. The molecule has 2 amide bonds. The van der Waals surface area contributed by atoms with E-state index >= 15 is 0 Å². The molecule has 2 N–H and O–H groups in total. The quantitative estimate of drug-likeness (QED) is 0.666. The fourth-order valence-corrected chi connectivity index (χ4v) is 2.93. The summed E-state index contributed by atoms with van der Waals surface area (Å²) in [5, 5.41) is 12.6. The molecule has 0 spiro atoms. The summed E-state index contributed by atoms with van der Waals surface area (Å²) < 4.78 is 25.3. The van der Waals surface area contributed by atoms with Gasteiger partial charge in [-0.1, -0.05) is 49.0 Å². The smallest absolute Gasteiger partial charge is 0.322 e. The topological polar surface area (TPSA) is 52.6 Å². The van der Waals surface area contributed by atoms with Crippen molar-refractivity contribution < 1.29 is 18.7 Å². The van der Waals surface area contributed by atoms with Gasteiger partial charge in [-0.25, -0.2) is 4.79 Å². The zero-order chi connectivity index (χ0) is 18.2. The Morgan fingerprint density at radius 1 is 1.20 bits per heavy atom. The lowest BCUT2D eigenvalue weighted by atomic mass is 10.2. The predicted molar refractivity (Wildman–Crippen MR) is 96.1 cm³/mol. The maximum atomic E-state index is 12.7. The van der Waals surface area contributed by atoms with Gasteiger partial charge in [-0.2, -0.15) is 8.78 Å². The molecule has 2 aromatic carbocycles. The van der Waals surface area contributed by atoms with Gasteiger partial charge in [-0.15, -0.1) is 0 Å². The van der Waals surface area contributed by atoms with Crippen molar-refractivity contribution >= 4 is 23.5 Å². The van der Waals surface area contributed by atoms with Gasteiger partial charge >= 0.3 is 6.03 Å². The number of carbonyl (C=O) groups is 1. The summed E-state index contributed by atoms with van der Waals surface area (Å²) in [4.78, 5) is 14.4. The molecule has 0 aliphatic rings. The highest BCUT2D eigenvalue weighted by Gasteiger charge is 2.17. The van der Waals surface area contributed by atoms with Gasteiger partial charge in [-0.3, -0.25) is 0 Å². The van der Waals surface area contributed by atoms with Crippen molar-refractivity contribution in [2.24, 2.45) is 0 Å². The van der Waals surface area contributed by atoms with E-state index in [2.05, 4.69) is 5.32 Å². The largest absolute Gasteiger partial charge is 0.508 e. The number of phenols is 1. The number of urea groups is 1. The fourth-order valence-electron chi connectivity index (χ4n) is 2.34. The number of benzene rings is 2. The van der Waals surface area contributed by atoms with Crippen molar-refractivity contribution in [1.82, 2.24) is 4.90 Å². The first-order chi connectivity index (χ1) is 12.0. The maximum Gasteiger partial charge on any atom is 0.322 e. The lowest BCUT2D eigenvalue weighted by Gasteiger charge is -2.23. The number of amides is 2. The van der Waals surface area contributed by atoms with Crippen LogP contribution < -0.4 is 5.32 Å². The number of hydrogen-bond donors (Lipinski definition) is 2. The number of nitrogens with zero attached hydrogens (tertiary/aromatic N) is 1. The average molecular weight is 366 g/mol. The molecule has 2 aromatic rings. The molecule has 25 heavy (non-hydrogen) atoms. The molecule has 0 saturated carbocycles. The Morgan fingerprint density at radius 2 is 1.88 bits per heavy atom. The van der Waals surface area contributed by atoms with Crippen LogP contribution in [0.1, 0.15) is 18.9 Å². The number of carbonyl (C=O) groups excluding carboxylic acids is 1. The molecule has 4 nitrogen and oxygen atoms in total. The van der Waals surface area contributed by atoms with E-state index in [0.717, 1.165) is 6.42 Å². The second-order valence-corrected chi connectivity index (χ2v) is 6.39. The van der Waals surface area contributed by atoms with Crippen molar-refractivity contribution in [2.75, 3.05) is 11.9 Å². The highest BCUT2D eigenvalue weighted by molar-refractivity contribution is 7.99. The normalized spacial score (nSPS) is 10.7. The van der Waals surface area contributed by atoms with Crippen LogP contribution in [0.3, 0.4) is 0 Å². The Hall–Kier alpha value is -2.28. The van der Waals surface area contributed by atoms with Gasteiger partial charge in [0.15, 0.2) is 0 Å². The minimum atomic E-state index is -2.56. The molecule has 7 heteroatoms. The molecular formula is C18H20F2N2O2S. The standard InChI is InChI=1S/C18H20F2N2O2S/c1-2-11-22(12-13-7-3-5-9-15(13)23)18(24)21-14-8-4-6-10-16(14)25-17(19)20/h3-10,17,23H,2,11-12H2,1H3,(H,21,24). The van der Waals surface area contributed by atoms with Crippen LogP contribution in [-0.4, -0.2) is 28.3 Å². The first-order valence-electron chi connectivity index (χ1n) is 7.88. The highest BCUT2D eigenvalue weighted by Crippen LogP contribution is 2.32. The highest BCUT2D eigenvalue weighted by atomic mass is 32.2. The van der Waals surface area contributed by atoms with E-state index in [1.165, 1.54) is 0 Å². The summed E-state index contributed by atoms with van der Waals surface area (Å²) in [6, 6.07) is 12.9. The average Bonchev–Trinajstić information content (AvgIpc) is 2.57. The predicted octanol–water partition coefficient (Wildman–Crippen LogP) is 5.15. The molecule has 0 saturated heterocycles. The van der Waals surface area contributed by atoms with Crippen molar-refractivity contribution in [1.29, 1.82) is 0 Å². The Balaban J connectivity index is 2.14. The number of halogens is 2. The third-order valence-corrected chi connectivity index (χ3v) is 4.27. The van der Waals surface area contributed by atoms with Crippen molar-refractivity contribution in [2.45, 2.75) is 30.5 Å². The van der Waals surface area contributed by atoms with E-state index < -0.39 is 11.8 Å². The summed E-state index contributed by atoms with van der Waals surface area (Å²) in [5.74, 6) is -2.45. The van der Waals surface area contributed by atoms with E-state index in [1.54, 1.807) is 53.4 Å². The summed E-state index contributed by atoms with van der Waals surface area (Å²) >= 11 is 0.392. The molecule has 134 valence electrons. The first kappa shape index (κ1) is 19.1. The molecule has 0 bridgehead atoms. The Morgan fingerprint density at radius 3 is 2.56 bits per heavy atom. The first-order valence-corrected chi connectivity index (χ1v) is 8.76. The van der Waals surface area contributed by atoms with Gasteiger partial charge < -0.3 is 15.3 Å². The van der Waals surface area contributed by atoms with Crippen LogP contribution >= 0.6 is 11.8 Å². The second kappa shape index (κ2) is 9.27. The molecule has 2 rings (SSSR count). The van der Waals surface area contributed by atoms with Gasteiger partial charge in [-0.05, 0) is 24.6 Å². The molecule has 0 aromatic heterocycles. The van der Waals surface area contributed by atoms with Gasteiger partial charge in [0.2, 0.25) is 0 Å². The SMILES string of the molecule is CCCN(Cc1ccccc1O)C(=O)Nc1ccccc1SC(F)F. The number of anilines is 1. The summed E-state index contributed by atoms with van der Waals surface area (Å²) in [5.41, 5.74) is 0.970. The van der Waals surface area contributed by atoms with E-state index in [9.17, 15) is 18.7 Å². The third-order valence-electron chi connectivity index (χ3n) is 3.48. The van der Waals surface area contributed by atoms with Crippen LogP contribution in [0, 0.1) is 0 Å². The zero-order valence-corrected chi connectivity index (χ0v) is 14.6. The molecule has 0 aliphatic carbocycles. The molecule has 0 fully saturated rings. The monoisotopic (exact) mass is 366 g/mol. The molecular weight excluding hydrogens is 346 g/mol. The van der Waals surface area contributed by atoms with Crippen molar-refractivity contribution in [3.63, 3.8) is 0 Å². The van der Waals surface area contributed by atoms with Gasteiger partial charge in [0.25, 0.3) is 5.76 Å². The summed E-state index contributed by atoms with van der Waals surface area (Å²) in [6.45, 7) is 2.65. The van der Waals surface area contributed by atoms with Crippen LogP contribution in [0.2, 0.25) is 0 Å². The van der Waals surface area contributed by atoms with E-state index in [0.29, 0.717) is 34.5 Å². The molecule has 0 heterocycles. The second-order valence-electron chi connectivity index (χ2n) is 5.36. The number of nitrogens with one attached hydrogen (secondary N) is 1. The molecule has 0 aliphatic heterocycles. The van der Waals surface area contributed by atoms with Gasteiger partial charge in [0, 0.05) is 17.0 Å². The fraction of sp³-hybridized carbons (Fsp3) is 0.278. The van der Waals surface area contributed by atoms with Crippen LogP contribution in [-0.2, 0) is 6.54 Å². The van der Waals surface area contributed by atoms with E-state index in [1.807, 2.05) is 6.92 Å². The molecule has 0 radical (unpaired) electrons. The van der Waals surface area contributed by atoms with E-state index in [4.69, 9.17) is 0 Å². The number of para-hydroxylation sites is 2. The summed E-state index contributed by atoms with van der Waals surface area (Å²) in [6.07, 6.45) is 0.731. The van der Waals surface area contributed by atoms with Crippen LogP contribution in [0.15, 0.2) is 53.4 Å². The molecule has 0 unspecified atom stereocenters.